The molecule has 0 aliphatic heterocycles. The van der Waals surface area contributed by atoms with Crippen LogP contribution in [0.15, 0.2) is 23.2 Å². The van der Waals surface area contributed by atoms with Crippen molar-refractivity contribution in [1.82, 2.24) is 16.0 Å². The smallest absolute Gasteiger partial charge is 0.239 e. The molecule has 0 radical (unpaired) electrons. The molecule has 0 bridgehead atoms. The van der Waals surface area contributed by atoms with Crippen LogP contribution < -0.4 is 25.4 Å². The van der Waals surface area contributed by atoms with Gasteiger partial charge in [-0.15, -0.1) is 24.0 Å². The first-order valence-electron chi connectivity index (χ1n) is 10.3. The van der Waals surface area contributed by atoms with E-state index < -0.39 is 0 Å². The predicted octanol–water partition coefficient (Wildman–Crippen LogP) is 2.97. The highest BCUT2D eigenvalue weighted by molar-refractivity contribution is 14.0. The summed E-state index contributed by atoms with van der Waals surface area (Å²) < 4.78 is 11.8. The summed E-state index contributed by atoms with van der Waals surface area (Å²) in [4.78, 5) is 16.6. The third-order valence-corrected chi connectivity index (χ3v) is 4.98. The van der Waals surface area contributed by atoms with Crippen molar-refractivity contribution >= 4 is 35.8 Å². The summed E-state index contributed by atoms with van der Waals surface area (Å²) in [6.45, 7) is 3.38. The van der Waals surface area contributed by atoms with Gasteiger partial charge in [0.15, 0.2) is 17.5 Å². The molecule has 29 heavy (non-hydrogen) atoms. The number of aliphatic imine (C=N–C) groups is 1. The second kappa shape index (κ2) is 12.1. The van der Waals surface area contributed by atoms with Gasteiger partial charge in [-0.3, -0.25) is 4.79 Å². The number of amides is 1. The normalized spacial score (nSPS) is 16.7. The van der Waals surface area contributed by atoms with Gasteiger partial charge in [-0.2, -0.15) is 0 Å². The highest BCUT2D eigenvalue weighted by Gasteiger charge is 2.23. The summed E-state index contributed by atoms with van der Waals surface area (Å²) in [6, 6.07) is 6.25. The lowest BCUT2D eigenvalue weighted by atomic mass is 10.1. The zero-order valence-electron chi connectivity index (χ0n) is 17.3. The van der Waals surface area contributed by atoms with E-state index in [1.807, 2.05) is 25.1 Å². The monoisotopic (exact) mass is 516 g/mol. The number of carbonyl (C=O) groups excluding carboxylic acids is 1. The lowest BCUT2D eigenvalue weighted by Gasteiger charge is -2.19. The molecule has 7 nitrogen and oxygen atoms in total. The molecule has 0 spiro atoms. The topological polar surface area (TPSA) is 84.0 Å². The summed E-state index contributed by atoms with van der Waals surface area (Å²) in [6.07, 6.45) is 7.01. The van der Waals surface area contributed by atoms with Crippen LogP contribution in [0.25, 0.3) is 0 Å². The lowest BCUT2D eigenvalue weighted by molar-refractivity contribution is -0.120. The largest absolute Gasteiger partial charge is 0.493 e. The van der Waals surface area contributed by atoms with Crippen LogP contribution in [0, 0.1) is 0 Å². The maximum Gasteiger partial charge on any atom is 0.239 e. The SMILES string of the molecule is CCNC(=NCc1cccc(OC)c1OC1CCCC1)NCC(=O)NC1CC1.I. The summed E-state index contributed by atoms with van der Waals surface area (Å²) in [5, 5.41) is 9.25. The number of guanidine groups is 1. The van der Waals surface area contributed by atoms with Gasteiger partial charge in [0.05, 0.1) is 26.3 Å². The Balaban J connectivity index is 0.00000300. The standard InChI is InChI=1S/C21H32N4O3.HI/c1-3-22-21(24-14-19(26)25-16-11-12-16)23-13-15-7-6-10-18(27-2)20(15)28-17-8-4-5-9-17;/h6-7,10,16-17H,3-5,8-9,11-14H2,1-2H3,(H,25,26)(H2,22,23,24);1H. The Morgan fingerprint density at radius 3 is 2.59 bits per heavy atom. The maximum atomic E-state index is 11.9. The van der Waals surface area contributed by atoms with E-state index in [-0.39, 0.29) is 42.5 Å². The number of hydrogen-bond acceptors (Lipinski definition) is 4. The van der Waals surface area contributed by atoms with E-state index in [1.165, 1.54) is 12.8 Å². The van der Waals surface area contributed by atoms with Gasteiger partial charge in [0.1, 0.15) is 0 Å². The zero-order chi connectivity index (χ0) is 19.8. The Hall–Kier alpha value is -1.71. The summed E-state index contributed by atoms with van der Waals surface area (Å²) in [7, 11) is 1.66. The molecule has 3 rings (SSSR count). The van der Waals surface area contributed by atoms with Crippen LogP contribution in [0.2, 0.25) is 0 Å². The van der Waals surface area contributed by atoms with E-state index in [0.29, 0.717) is 18.5 Å². The number of para-hydroxylation sites is 1. The van der Waals surface area contributed by atoms with Crippen LogP contribution in [-0.4, -0.2) is 44.2 Å². The molecule has 1 aromatic carbocycles. The minimum atomic E-state index is -0.000242. The van der Waals surface area contributed by atoms with E-state index in [2.05, 4.69) is 20.9 Å². The third-order valence-electron chi connectivity index (χ3n) is 4.98. The Morgan fingerprint density at radius 1 is 1.17 bits per heavy atom. The summed E-state index contributed by atoms with van der Waals surface area (Å²) >= 11 is 0. The van der Waals surface area contributed by atoms with Crippen LogP contribution >= 0.6 is 24.0 Å². The first kappa shape index (κ1) is 23.6. The molecule has 3 N–H and O–H groups in total. The van der Waals surface area contributed by atoms with Crippen molar-refractivity contribution in [2.45, 2.75) is 64.1 Å². The van der Waals surface area contributed by atoms with Crippen molar-refractivity contribution in [3.8, 4) is 11.5 Å². The van der Waals surface area contributed by atoms with E-state index in [1.54, 1.807) is 7.11 Å². The molecule has 8 heteroatoms. The molecular formula is C21H33IN4O3. The van der Waals surface area contributed by atoms with Crippen LogP contribution in [0.3, 0.4) is 0 Å². The van der Waals surface area contributed by atoms with Gasteiger partial charge in [0.25, 0.3) is 0 Å². The molecule has 2 fully saturated rings. The lowest BCUT2D eigenvalue weighted by Crippen LogP contribution is -2.43. The molecule has 0 aromatic heterocycles. The fourth-order valence-corrected chi connectivity index (χ4v) is 3.33. The van der Waals surface area contributed by atoms with Gasteiger partial charge in [0.2, 0.25) is 5.91 Å². The van der Waals surface area contributed by atoms with E-state index in [9.17, 15) is 4.79 Å². The molecule has 0 saturated heterocycles. The van der Waals surface area contributed by atoms with Gasteiger partial charge in [0, 0.05) is 18.2 Å². The van der Waals surface area contributed by atoms with Crippen molar-refractivity contribution in [2.24, 2.45) is 4.99 Å². The maximum absolute atomic E-state index is 11.9. The minimum Gasteiger partial charge on any atom is -0.493 e. The molecule has 1 amide bonds. The highest BCUT2D eigenvalue weighted by Crippen LogP contribution is 2.35. The number of ether oxygens (including phenoxy) is 2. The number of nitrogens with zero attached hydrogens (tertiary/aromatic N) is 1. The van der Waals surface area contributed by atoms with Crippen LogP contribution in [0.5, 0.6) is 11.5 Å². The number of nitrogens with one attached hydrogen (secondary N) is 3. The minimum absolute atomic E-state index is 0. The average Bonchev–Trinajstić information content (AvgIpc) is 3.36. The van der Waals surface area contributed by atoms with Crippen molar-refractivity contribution in [3.63, 3.8) is 0 Å². The second-order valence-electron chi connectivity index (χ2n) is 7.36. The van der Waals surface area contributed by atoms with E-state index in [0.717, 1.165) is 49.3 Å². The third kappa shape index (κ3) is 7.56. The van der Waals surface area contributed by atoms with Crippen molar-refractivity contribution < 1.29 is 14.3 Å². The number of methoxy groups -OCH3 is 1. The van der Waals surface area contributed by atoms with Gasteiger partial charge in [-0.05, 0) is 51.5 Å². The van der Waals surface area contributed by atoms with Crippen molar-refractivity contribution in [1.29, 1.82) is 0 Å². The Morgan fingerprint density at radius 2 is 1.93 bits per heavy atom. The van der Waals surface area contributed by atoms with Gasteiger partial charge >= 0.3 is 0 Å². The molecule has 2 saturated carbocycles. The zero-order valence-corrected chi connectivity index (χ0v) is 19.7. The Labute approximate surface area is 190 Å². The quantitative estimate of drug-likeness (QED) is 0.267. The first-order valence-corrected chi connectivity index (χ1v) is 10.3. The molecule has 0 unspecified atom stereocenters. The molecule has 0 atom stereocenters. The number of rotatable bonds is 9. The molecule has 2 aliphatic carbocycles. The predicted molar refractivity (Wildman–Crippen MR) is 125 cm³/mol. The molecule has 1 aromatic rings. The van der Waals surface area contributed by atoms with Crippen molar-refractivity contribution in [3.05, 3.63) is 23.8 Å². The number of carbonyl (C=O) groups is 1. The van der Waals surface area contributed by atoms with E-state index >= 15 is 0 Å². The van der Waals surface area contributed by atoms with Crippen LogP contribution in [0.4, 0.5) is 0 Å². The van der Waals surface area contributed by atoms with Crippen LogP contribution in [0.1, 0.15) is 51.0 Å². The van der Waals surface area contributed by atoms with Crippen LogP contribution in [-0.2, 0) is 11.3 Å². The Bertz CT molecular complexity index is 689. The van der Waals surface area contributed by atoms with Crippen molar-refractivity contribution in [2.75, 3.05) is 20.2 Å². The number of benzene rings is 1. The second-order valence-corrected chi connectivity index (χ2v) is 7.36. The fourth-order valence-electron chi connectivity index (χ4n) is 3.33. The number of hydrogen-bond donors (Lipinski definition) is 3. The van der Waals surface area contributed by atoms with E-state index in [4.69, 9.17) is 9.47 Å². The molecular weight excluding hydrogens is 483 g/mol. The molecule has 2 aliphatic rings. The summed E-state index contributed by atoms with van der Waals surface area (Å²) in [5.41, 5.74) is 0.978. The first-order chi connectivity index (χ1) is 13.7. The molecule has 0 heterocycles. The summed E-state index contributed by atoms with van der Waals surface area (Å²) in [5.74, 6) is 2.13. The fraction of sp³-hybridized carbons (Fsp3) is 0.619. The number of halogens is 1. The highest BCUT2D eigenvalue weighted by atomic mass is 127. The molecule has 162 valence electrons. The van der Waals surface area contributed by atoms with Gasteiger partial charge in [-0.1, -0.05) is 12.1 Å². The Kier molecular flexibility index (Phi) is 9.83. The average molecular weight is 516 g/mol. The van der Waals surface area contributed by atoms with Gasteiger partial charge < -0.3 is 25.4 Å². The van der Waals surface area contributed by atoms with Gasteiger partial charge in [-0.25, -0.2) is 4.99 Å².